The summed E-state index contributed by atoms with van der Waals surface area (Å²) in [5, 5.41) is 25.4. The standard InChI is InChI=1S/C7H14O5/c8-1-2-11-3-4-12-6-7(10)5-9/h3-4,7-10H,1-2,5-6H2. The van der Waals surface area contributed by atoms with Crippen LogP contribution in [0, 0.1) is 0 Å². The van der Waals surface area contributed by atoms with E-state index in [0.717, 1.165) is 0 Å². The molecule has 5 nitrogen and oxygen atoms in total. The third kappa shape index (κ3) is 7.33. The van der Waals surface area contributed by atoms with Crippen LogP contribution in [0.3, 0.4) is 0 Å². The van der Waals surface area contributed by atoms with E-state index in [-0.39, 0.29) is 26.4 Å². The summed E-state index contributed by atoms with van der Waals surface area (Å²) in [5.41, 5.74) is 0. The molecule has 0 rings (SSSR count). The second-order valence-corrected chi connectivity index (χ2v) is 2.04. The lowest BCUT2D eigenvalue weighted by Gasteiger charge is -2.05. The van der Waals surface area contributed by atoms with E-state index >= 15 is 0 Å². The third-order valence-electron chi connectivity index (χ3n) is 0.957. The van der Waals surface area contributed by atoms with Crippen molar-refractivity contribution in [1.29, 1.82) is 0 Å². The van der Waals surface area contributed by atoms with Gasteiger partial charge in [-0.15, -0.1) is 0 Å². The number of hydrogen-bond acceptors (Lipinski definition) is 5. The lowest BCUT2D eigenvalue weighted by Crippen LogP contribution is -2.17. The van der Waals surface area contributed by atoms with Crippen molar-refractivity contribution in [3.05, 3.63) is 12.5 Å². The Labute approximate surface area is 70.8 Å². The molecule has 0 aliphatic heterocycles. The van der Waals surface area contributed by atoms with Crippen LogP contribution in [0.2, 0.25) is 0 Å². The van der Waals surface area contributed by atoms with Crippen LogP contribution in [0.1, 0.15) is 0 Å². The van der Waals surface area contributed by atoms with Gasteiger partial charge in [0.2, 0.25) is 0 Å². The van der Waals surface area contributed by atoms with E-state index in [1.54, 1.807) is 0 Å². The third-order valence-corrected chi connectivity index (χ3v) is 0.957. The Morgan fingerprint density at radius 1 is 1.17 bits per heavy atom. The summed E-state index contributed by atoms with van der Waals surface area (Å²) in [6.45, 7) is -0.146. The van der Waals surface area contributed by atoms with E-state index in [2.05, 4.69) is 0 Å². The van der Waals surface area contributed by atoms with E-state index in [1.807, 2.05) is 0 Å². The Hall–Kier alpha value is -0.780. The second kappa shape index (κ2) is 8.32. The maximum atomic E-state index is 8.77. The van der Waals surface area contributed by atoms with Gasteiger partial charge in [-0.3, -0.25) is 0 Å². The zero-order valence-corrected chi connectivity index (χ0v) is 6.72. The highest BCUT2D eigenvalue weighted by molar-refractivity contribution is 4.62. The van der Waals surface area contributed by atoms with Crippen molar-refractivity contribution in [2.24, 2.45) is 0 Å². The van der Waals surface area contributed by atoms with Crippen LogP contribution in [0.15, 0.2) is 12.5 Å². The molecule has 0 spiro atoms. The summed E-state index contributed by atoms with van der Waals surface area (Å²) >= 11 is 0. The quantitative estimate of drug-likeness (QED) is 0.338. The molecule has 0 saturated heterocycles. The smallest absolute Gasteiger partial charge is 0.117 e. The van der Waals surface area contributed by atoms with Crippen molar-refractivity contribution in [2.75, 3.05) is 26.4 Å². The molecular weight excluding hydrogens is 164 g/mol. The molecule has 12 heavy (non-hydrogen) atoms. The molecule has 0 heterocycles. The molecule has 0 aliphatic carbocycles. The van der Waals surface area contributed by atoms with Crippen molar-refractivity contribution >= 4 is 0 Å². The molecule has 0 amide bonds. The maximum Gasteiger partial charge on any atom is 0.117 e. The van der Waals surface area contributed by atoms with E-state index in [1.165, 1.54) is 12.5 Å². The van der Waals surface area contributed by atoms with Crippen molar-refractivity contribution in [1.82, 2.24) is 0 Å². The Morgan fingerprint density at radius 2 is 1.83 bits per heavy atom. The van der Waals surface area contributed by atoms with Crippen LogP contribution in [0.4, 0.5) is 0 Å². The maximum absolute atomic E-state index is 8.77. The first-order chi connectivity index (χ1) is 5.81. The predicted octanol–water partition coefficient (Wildman–Crippen LogP) is -1.16. The fourth-order valence-corrected chi connectivity index (χ4v) is 0.419. The molecule has 0 saturated carbocycles. The molecule has 0 bridgehead atoms. The number of rotatable bonds is 7. The molecule has 0 aromatic carbocycles. The summed E-state index contributed by atoms with van der Waals surface area (Å²) in [6.07, 6.45) is 1.64. The van der Waals surface area contributed by atoms with Crippen LogP contribution in [0.5, 0.6) is 0 Å². The lowest BCUT2D eigenvalue weighted by atomic mass is 10.4. The van der Waals surface area contributed by atoms with E-state index in [9.17, 15) is 0 Å². The minimum Gasteiger partial charge on any atom is -0.496 e. The molecule has 5 heteroatoms. The Morgan fingerprint density at radius 3 is 2.42 bits per heavy atom. The van der Waals surface area contributed by atoms with Crippen molar-refractivity contribution < 1.29 is 24.8 Å². The fraction of sp³-hybridized carbons (Fsp3) is 0.714. The van der Waals surface area contributed by atoms with E-state index < -0.39 is 6.10 Å². The molecule has 72 valence electrons. The first-order valence-electron chi connectivity index (χ1n) is 3.59. The molecule has 0 fully saturated rings. The van der Waals surface area contributed by atoms with Gasteiger partial charge in [-0.1, -0.05) is 0 Å². The molecule has 0 radical (unpaired) electrons. The SMILES string of the molecule is OCCOC=COCC(O)CO. The number of aliphatic hydroxyl groups is 3. The van der Waals surface area contributed by atoms with Crippen LogP contribution in [-0.2, 0) is 9.47 Å². The Balaban J connectivity index is 3.12. The van der Waals surface area contributed by atoms with Gasteiger partial charge in [0, 0.05) is 0 Å². The van der Waals surface area contributed by atoms with Crippen LogP contribution in [0.25, 0.3) is 0 Å². The number of hydrogen-bond donors (Lipinski definition) is 3. The molecule has 0 aromatic rings. The lowest BCUT2D eigenvalue weighted by molar-refractivity contribution is 0.0361. The van der Waals surface area contributed by atoms with Crippen molar-refractivity contribution in [3.8, 4) is 0 Å². The van der Waals surface area contributed by atoms with E-state index in [4.69, 9.17) is 24.8 Å². The highest BCUT2D eigenvalue weighted by atomic mass is 16.5. The Kier molecular flexibility index (Phi) is 7.78. The van der Waals surface area contributed by atoms with Gasteiger partial charge in [-0.05, 0) is 0 Å². The molecule has 0 aliphatic rings. The van der Waals surface area contributed by atoms with Crippen LogP contribution < -0.4 is 0 Å². The molecule has 3 N–H and O–H groups in total. The molecule has 0 aromatic heterocycles. The minimum atomic E-state index is -0.868. The van der Waals surface area contributed by atoms with Crippen molar-refractivity contribution in [2.45, 2.75) is 6.10 Å². The van der Waals surface area contributed by atoms with Gasteiger partial charge in [0.15, 0.2) is 0 Å². The average Bonchev–Trinajstić information content (AvgIpc) is 2.10. The average molecular weight is 178 g/mol. The summed E-state index contributed by atoms with van der Waals surface area (Å²) in [7, 11) is 0. The fourth-order valence-electron chi connectivity index (χ4n) is 0.419. The predicted molar refractivity (Wildman–Crippen MR) is 41.2 cm³/mol. The Bertz CT molecular complexity index is 114. The van der Waals surface area contributed by atoms with E-state index in [0.29, 0.717) is 0 Å². The summed E-state index contributed by atoms with van der Waals surface area (Å²) in [6, 6.07) is 0. The van der Waals surface area contributed by atoms with Gasteiger partial charge < -0.3 is 24.8 Å². The normalized spacial score (nSPS) is 13.2. The van der Waals surface area contributed by atoms with Crippen LogP contribution >= 0.6 is 0 Å². The number of aliphatic hydroxyl groups excluding tert-OH is 3. The van der Waals surface area contributed by atoms with Gasteiger partial charge in [0.25, 0.3) is 0 Å². The summed E-state index contributed by atoms with van der Waals surface area (Å²) in [4.78, 5) is 0. The number of ether oxygens (including phenoxy) is 2. The van der Waals surface area contributed by atoms with Gasteiger partial charge in [0.1, 0.15) is 31.8 Å². The summed E-state index contributed by atoms with van der Waals surface area (Å²) in [5.74, 6) is 0. The van der Waals surface area contributed by atoms with Gasteiger partial charge in [-0.2, -0.15) is 0 Å². The molecule has 1 atom stereocenters. The van der Waals surface area contributed by atoms with Gasteiger partial charge in [-0.25, -0.2) is 0 Å². The minimum absolute atomic E-state index is 0.0233. The highest BCUT2D eigenvalue weighted by Crippen LogP contribution is 1.85. The molecular formula is C7H14O5. The highest BCUT2D eigenvalue weighted by Gasteiger charge is 1.98. The topological polar surface area (TPSA) is 79.2 Å². The molecule has 1 unspecified atom stereocenters. The largest absolute Gasteiger partial charge is 0.496 e. The first kappa shape index (κ1) is 11.2. The van der Waals surface area contributed by atoms with Crippen LogP contribution in [-0.4, -0.2) is 47.9 Å². The van der Waals surface area contributed by atoms with Gasteiger partial charge in [0.05, 0.1) is 13.2 Å². The van der Waals surface area contributed by atoms with Crippen molar-refractivity contribution in [3.63, 3.8) is 0 Å². The summed E-state index contributed by atoms with van der Waals surface area (Å²) < 4.78 is 9.43. The second-order valence-electron chi connectivity index (χ2n) is 2.04. The first-order valence-corrected chi connectivity index (χ1v) is 3.59. The zero-order valence-electron chi connectivity index (χ0n) is 6.72. The zero-order chi connectivity index (χ0) is 9.23. The van der Waals surface area contributed by atoms with Gasteiger partial charge >= 0.3 is 0 Å². The monoisotopic (exact) mass is 178 g/mol.